The van der Waals surface area contributed by atoms with E-state index in [9.17, 15) is 15.0 Å². The van der Waals surface area contributed by atoms with Crippen molar-refractivity contribution in [1.29, 1.82) is 0 Å². The minimum atomic E-state index is -0.130. The van der Waals surface area contributed by atoms with Crippen molar-refractivity contribution in [2.24, 2.45) is 23.2 Å². The van der Waals surface area contributed by atoms with Gasteiger partial charge < -0.3 is 15.1 Å². The van der Waals surface area contributed by atoms with Crippen LogP contribution in [-0.2, 0) is 11.2 Å². The summed E-state index contributed by atoms with van der Waals surface area (Å²) in [6.07, 6.45) is 19.6. The number of amides is 1. The first kappa shape index (κ1) is 29.4. The molecule has 1 amide bonds. The van der Waals surface area contributed by atoms with Gasteiger partial charge in [-0.1, -0.05) is 71.3 Å². The largest absolute Gasteiger partial charge is 0.508 e. The SMILES string of the molecule is CCCCCC(=O)N(C)CCCCCCCCC[C@H]1Cc2cc(O)ccc2C2CC[C@@]3(C)C(CC[C@@H]3O)C21. The number of fused-ring (bicyclic) bond motifs is 5. The highest BCUT2D eigenvalue weighted by molar-refractivity contribution is 5.75. The number of aliphatic hydroxyl groups excluding tert-OH is 1. The fourth-order valence-electron chi connectivity index (χ4n) is 8.51. The van der Waals surface area contributed by atoms with Gasteiger partial charge in [0.1, 0.15) is 5.75 Å². The van der Waals surface area contributed by atoms with Gasteiger partial charge in [-0.3, -0.25) is 4.79 Å². The molecule has 1 aromatic carbocycles. The summed E-state index contributed by atoms with van der Waals surface area (Å²) in [5, 5.41) is 21.1. The summed E-state index contributed by atoms with van der Waals surface area (Å²) in [4.78, 5) is 14.1. The van der Waals surface area contributed by atoms with E-state index in [4.69, 9.17) is 0 Å². The number of aromatic hydroxyl groups is 1. The van der Waals surface area contributed by atoms with Crippen molar-refractivity contribution in [2.75, 3.05) is 13.6 Å². The Kier molecular flexibility index (Phi) is 10.6. The van der Waals surface area contributed by atoms with Gasteiger partial charge in [-0.25, -0.2) is 0 Å². The summed E-state index contributed by atoms with van der Waals surface area (Å²) < 4.78 is 0. The third-order valence-corrected chi connectivity index (χ3v) is 10.8. The maximum Gasteiger partial charge on any atom is 0.222 e. The summed E-state index contributed by atoms with van der Waals surface area (Å²) >= 11 is 0. The quantitative estimate of drug-likeness (QED) is 0.242. The molecule has 0 bridgehead atoms. The lowest BCUT2D eigenvalue weighted by Crippen LogP contribution is -2.47. The third kappa shape index (κ3) is 6.77. The van der Waals surface area contributed by atoms with E-state index in [0.717, 1.165) is 45.1 Å². The van der Waals surface area contributed by atoms with Gasteiger partial charge in [-0.15, -0.1) is 0 Å². The Morgan fingerprint density at radius 3 is 2.50 bits per heavy atom. The molecule has 214 valence electrons. The van der Waals surface area contributed by atoms with Gasteiger partial charge in [0, 0.05) is 20.0 Å². The minimum Gasteiger partial charge on any atom is -0.508 e. The summed E-state index contributed by atoms with van der Waals surface area (Å²) in [5.74, 6) is 3.32. The maximum absolute atomic E-state index is 12.2. The first-order valence-electron chi connectivity index (χ1n) is 16.1. The highest BCUT2D eigenvalue weighted by Crippen LogP contribution is 2.62. The molecule has 0 aliphatic heterocycles. The van der Waals surface area contributed by atoms with Crippen molar-refractivity contribution < 1.29 is 15.0 Å². The van der Waals surface area contributed by atoms with E-state index in [1.807, 2.05) is 24.1 Å². The zero-order chi connectivity index (χ0) is 27.1. The van der Waals surface area contributed by atoms with Crippen LogP contribution >= 0.6 is 0 Å². The number of hydrogen-bond donors (Lipinski definition) is 2. The molecule has 38 heavy (non-hydrogen) atoms. The summed E-state index contributed by atoms with van der Waals surface area (Å²) in [6, 6.07) is 6.12. The second kappa shape index (κ2) is 13.7. The molecule has 3 aliphatic rings. The molecule has 3 unspecified atom stereocenters. The molecular formula is C34H55NO3. The zero-order valence-electron chi connectivity index (χ0n) is 24.6. The van der Waals surface area contributed by atoms with Gasteiger partial charge in [0.15, 0.2) is 0 Å². The second-order valence-electron chi connectivity index (χ2n) is 13.3. The van der Waals surface area contributed by atoms with Crippen LogP contribution in [0.5, 0.6) is 5.75 Å². The number of carbonyl (C=O) groups excluding carboxylic acids is 1. The smallest absolute Gasteiger partial charge is 0.222 e. The van der Waals surface area contributed by atoms with E-state index in [1.165, 1.54) is 75.3 Å². The number of phenolic OH excluding ortho intramolecular Hbond substituents is 1. The molecule has 4 nitrogen and oxygen atoms in total. The van der Waals surface area contributed by atoms with Crippen LogP contribution in [-0.4, -0.2) is 40.7 Å². The number of benzene rings is 1. The molecule has 0 spiro atoms. The van der Waals surface area contributed by atoms with Crippen LogP contribution in [0.15, 0.2) is 18.2 Å². The van der Waals surface area contributed by atoms with Crippen molar-refractivity contribution in [1.82, 2.24) is 4.90 Å². The number of rotatable bonds is 14. The molecule has 3 aliphatic carbocycles. The van der Waals surface area contributed by atoms with Crippen molar-refractivity contribution in [2.45, 2.75) is 135 Å². The lowest BCUT2D eigenvalue weighted by atomic mass is 9.52. The molecule has 2 saturated carbocycles. The van der Waals surface area contributed by atoms with Crippen molar-refractivity contribution in [3.8, 4) is 5.75 Å². The lowest BCUT2D eigenvalue weighted by molar-refractivity contribution is -0.130. The molecule has 1 aromatic rings. The Balaban J connectivity index is 1.20. The predicted octanol–water partition coefficient (Wildman–Crippen LogP) is 7.99. The monoisotopic (exact) mass is 525 g/mol. The third-order valence-electron chi connectivity index (χ3n) is 10.8. The number of nitrogens with zero attached hydrogens (tertiary/aromatic N) is 1. The van der Waals surface area contributed by atoms with Crippen LogP contribution in [0.25, 0.3) is 0 Å². The van der Waals surface area contributed by atoms with Gasteiger partial charge in [-0.05, 0) is 104 Å². The Morgan fingerprint density at radius 2 is 1.74 bits per heavy atom. The van der Waals surface area contributed by atoms with Crippen LogP contribution in [0.4, 0.5) is 0 Å². The molecule has 0 heterocycles. The average molecular weight is 526 g/mol. The molecule has 2 N–H and O–H groups in total. The van der Waals surface area contributed by atoms with Gasteiger partial charge in [0.25, 0.3) is 0 Å². The van der Waals surface area contributed by atoms with Crippen molar-refractivity contribution in [3.05, 3.63) is 29.3 Å². The van der Waals surface area contributed by atoms with Gasteiger partial charge in [-0.2, -0.15) is 0 Å². The number of aliphatic hydroxyl groups is 1. The van der Waals surface area contributed by atoms with Crippen molar-refractivity contribution >= 4 is 5.91 Å². The van der Waals surface area contributed by atoms with Gasteiger partial charge in [0.2, 0.25) is 5.91 Å². The predicted molar refractivity (Wildman–Crippen MR) is 156 cm³/mol. The standard InChI is InChI=1S/C34H55NO3/c1-4-5-11-15-32(38)35(3)22-13-10-8-6-7-9-12-14-25-23-26-24-27(36)16-17-28(26)29-20-21-34(2)30(33(25)29)18-19-31(34)37/h16-17,24-25,29-31,33,36-37H,4-15,18-23H2,1-3H3/t25-,29?,30?,31-,33?,34-/m0/s1. The molecule has 6 atom stereocenters. The number of carbonyl (C=O) groups is 1. The maximum atomic E-state index is 12.2. The Hall–Kier alpha value is -1.55. The number of hydrogen-bond acceptors (Lipinski definition) is 3. The van der Waals surface area contributed by atoms with Crippen LogP contribution in [0.2, 0.25) is 0 Å². The summed E-state index contributed by atoms with van der Waals surface area (Å²) in [7, 11) is 1.96. The van der Waals surface area contributed by atoms with E-state index in [-0.39, 0.29) is 11.5 Å². The van der Waals surface area contributed by atoms with E-state index in [2.05, 4.69) is 19.9 Å². The minimum absolute atomic E-state index is 0.0992. The number of unbranched alkanes of at least 4 members (excludes halogenated alkanes) is 8. The topological polar surface area (TPSA) is 60.8 Å². The first-order chi connectivity index (χ1) is 18.3. The zero-order valence-corrected chi connectivity index (χ0v) is 24.6. The molecule has 0 aromatic heterocycles. The van der Waals surface area contributed by atoms with E-state index in [1.54, 1.807) is 0 Å². The Labute approximate surface area is 232 Å². The Morgan fingerprint density at radius 1 is 1.00 bits per heavy atom. The molecule has 4 heteroatoms. The van der Waals surface area contributed by atoms with Gasteiger partial charge >= 0.3 is 0 Å². The molecule has 0 saturated heterocycles. The molecule has 2 fully saturated rings. The van der Waals surface area contributed by atoms with E-state index in [0.29, 0.717) is 41.7 Å². The highest BCUT2D eigenvalue weighted by atomic mass is 16.3. The lowest BCUT2D eigenvalue weighted by Gasteiger charge is -2.53. The van der Waals surface area contributed by atoms with Crippen molar-refractivity contribution in [3.63, 3.8) is 0 Å². The first-order valence-corrected chi connectivity index (χ1v) is 16.1. The van der Waals surface area contributed by atoms with Crippen LogP contribution in [0, 0.1) is 23.2 Å². The molecular weight excluding hydrogens is 470 g/mol. The second-order valence-corrected chi connectivity index (χ2v) is 13.3. The summed E-state index contributed by atoms with van der Waals surface area (Å²) in [5.41, 5.74) is 2.97. The molecule has 4 rings (SSSR count). The Bertz CT molecular complexity index is 900. The molecule has 0 radical (unpaired) electrons. The van der Waals surface area contributed by atoms with Gasteiger partial charge in [0.05, 0.1) is 6.10 Å². The summed E-state index contributed by atoms with van der Waals surface area (Å²) in [6.45, 7) is 5.45. The van der Waals surface area contributed by atoms with E-state index < -0.39 is 0 Å². The normalized spacial score (nSPS) is 29.9. The van der Waals surface area contributed by atoms with E-state index >= 15 is 0 Å². The van der Waals surface area contributed by atoms with Crippen LogP contribution in [0.3, 0.4) is 0 Å². The number of phenols is 1. The average Bonchev–Trinajstić information content (AvgIpc) is 3.21. The van der Waals surface area contributed by atoms with Crippen LogP contribution in [0.1, 0.15) is 134 Å². The van der Waals surface area contributed by atoms with Crippen LogP contribution < -0.4 is 0 Å². The fourth-order valence-corrected chi connectivity index (χ4v) is 8.51. The fraction of sp³-hybridized carbons (Fsp3) is 0.794. The highest BCUT2D eigenvalue weighted by Gasteiger charge is 2.56.